The summed E-state index contributed by atoms with van der Waals surface area (Å²) in [6, 6.07) is 10.8. The molecule has 11 heteroatoms. The van der Waals surface area contributed by atoms with Crippen molar-refractivity contribution in [3.63, 3.8) is 0 Å². The largest absolute Gasteiger partial charge is 0.352 e. The summed E-state index contributed by atoms with van der Waals surface area (Å²) in [5.74, 6) is -0.886. The Morgan fingerprint density at radius 1 is 1.09 bits per heavy atom. The van der Waals surface area contributed by atoms with Crippen molar-refractivity contribution >= 4 is 66.7 Å². The topological polar surface area (TPSA) is 86.8 Å². The maximum absolute atomic E-state index is 13.5. The van der Waals surface area contributed by atoms with Gasteiger partial charge < -0.3 is 10.2 Å². The van der Waals surface area contributed by atoms with Crippen LogP contribution in [0.4, 0.5) is 5.69 Å². The van der Waals surface area contributed by atoms with Crippen LogP contribution in [0.5, 0.6) is 0 Å². The molecule has 186 valence electrons. The Kier molecular flexibility index (Phi) is 10.2. The highest BCUT2D eigenvalue weighted by atomic mass is 79.9. The lowest BCUT2D eigenvalue weighted by molar-refractivity contribution is -0.139. The smallest absolute Gasteiger partial charge is 0.244 e. The van der Waals surface area contributed by atoms with E-state index in [1.165, 1.54) is 23.1 Å². The second-order valence-corrected chi connectivity index (χ2v) is 11.7. The third-order valence-electron chi connectivity index (χ3n) is 5.29. The molecular formula is C23H28BrCl2N3O4S. The summed E-state index contributed by atoms with van der Waals surface area (Å²) in [4.78, 5) is 27.7. The summed E-state index contributed by atoms with van der Waals surface area (Å²) in [5, 5.41) is 3.28. The van der Waals surface area contributed by atoms with Crippen molar-refractivity contribution in [2.75, 3.05) is 17.1 Å². The fourth-order valence-electron chi connectivity index (χ4n) is 3.11. The second-order valence-electron chi connectivity index (χ2n) is 8.01. The first kappa shape index (κ1) is 28.4. The lowest BCUT2D eigenvalue weighted by atomic mass is 10.1. The number of benzene rings is 2. The zero-order valence-electron chi connectivity index (χ0n) is 19.4. The van der Waals surface area contributed by atoms with Crippen LogP contribution in [-0.2, 0) is 26.2 Å². The summed E-state index contributed by atoms with van der Waals surface area (Å²) >= 11 is 15.7. The van der Waals surface area contributed by atoms with Gasteiger partial charge in [0.15, 0.2) is 0 Å². The van der Waals surface area contributed by atoms with E-state index in [0.717, 1.165) is 27.0 Å². The highest BCUT2D eigenvalue weighted by molar-refractivity contribution is 9.10. The molecule has 0 radical (unpaired) electrons. The number of hydrogen-bond acceptors (Lipinski definition) is 4. The molecule has 0 unspecified atom stereocenters. The number of carbonyl (C=O) groups is 2. The lowest BCUT2D eigenvalue weighted by Gasteiger charge is -2.32. The standard InChI is InChI=1S/C23H28BrCl2N3O4S/c1-5-15(2)27-23(31)16(3)28(13-17-6-8-18(24)9-7-17)22(30)14-29(34(4,32)33)21-12-19(25)10-11-20(21)26/h6-12,15-16H,5,13-14H2,1-4H3,(H,27,31)/t15-,16-/m0/s1. The first-order valence-electron chi connectivity index (χ1n) is 10.6. The van der Waals surface area contributed by atoms with Crippen LogP contribution in [0.3, 0.4) is 0 Å². The third kappa shape index (κ3) is 7.86. The SMILES string of the molecule is CC[C@H](C)NC(=O)[C@H](C)N(Cc1ccc(Br)cc1)C(=O)CN(c1cc(Cl)ccc1Cl)S(C)(=O)=O. The van der Waals surface area contributed by atoms with Gasteiger partial charge in [-0.2, -0.15) is 0 Å². The Hall–Kier alpha value is -1.81. The molecule has 0 aliphatic heterocycles. The minimum absolute atomic E-state index is 0.0719. The zero-order valence-corrected chi connectivity index (χ0v) is 23.3. The average Bonchev–Trinajstić information content (AvgIpc) is 2.77. The first-order chi connectivity index (χ1) is 15.8. The molecule has 2 aromatic carbocycles. The van der Waals surface area contributed by atoms with Crippen molar-refractivity contribution in [1.29, 1.82) is 0 Å². The van der Waals surface area contributed by atoms with Crippen molar-refractivity contribution in [2.24, 2.45) is 0 Å². The number of carbonyl (C=O) groups excluding carboxylic acids is 2. The number of nitrogens with zero attached hydrogens (tertiary/aromatic N) is 2. The van der Waals surface area contributed by atoms with E-state index in [2.05, 4.69) is 21.2 Å². The van der Waals surface area contributed by atoms with Crippen molar-refractivity contribution in [1.82, 2.24) is 10.2 Å². The van der Waals surface area contributed by atoms with E-state index in [4.69, 9.17) is 23.2 Å². The number of nitrogens with one attached hydrogen (secondary N) is 1. The zero-order chi connectivity index (χ0) is 25.6. The van der Waals surface area contributed by atoms with E-state index in [0.29, 0.717) is 0 Å². The van der Waals surface area contributed by atoms with E-state index in [-0.39, 0.29) is 34.2 Å². The van der Waals surface area contributed by atoms with Gasteiger partial charge >= 0.3 is 0 Å². The summed E-state index contributed by atoms with van der Waals surface area (Å²) < 4.78 is 27.0. The molecule has 2 atom stereocenters. The van der Waals surface area contributed by atoms with Crippen molar-refractivity contribution in [2.45, 2.75) is 45.8 Å². The number of sulfonamides is 1. The number of anilines is 1. The first-order valence-corrected chi connectivity index (χ1v) is 14.0. The summed E-state index contributed by atoms with van der Waals surface area (Å²) in [7, 11) is -3.90. The van der Waals surface area contributed by atoms with Crippen LogP contribution in [-0.4, -0.2) is 50.0 Å². The third-order valence-corrected chi connectivity index (χ3v) is 7.50. The van der Waals surface area contributed by atoms with Gasteiger partial charge in [0.05, 0.1) is 17.0 Å². The van der Waals surface area contributed by atoms with Crippen LogP contribution < -0.4 is 9.62 Å². The molecule has 2 rings (SSSR count). The summed E-state index contributed by atoms with van der Waals surface area (Å²) in [5.41, 5.74) is 0.872. The highest BCUT2D eigenvalue weighted by Crippen LogP contribution is 2.31. The fourth-order valence-corrected chi connectivity index (χ4v) is 4.66. The fraction of sp³-hybridized carbons (Fsp3) is 0.391. The van der Waals surface area contributed by atoms with Gasteiger partial charge in [0.1, 0.15) is 12.6 Å². The molecule has 0 spiro atoms. The molecular weight excluding hydrogens is 565 g/mol. The number of amides is 2. The molecule has 0 bridgehead atoms. The summed E-state index contributed by atoms with van der Waals surface area (Å²) in [6.07, 6.45) is 1.71. The lowest BCUT2D eigenvalue weighted by Crippen LogP contribution is -2.52. The second kappa shape index (κ2) is 12.2. The molecule has 0 heterocycles. The van der Waals surface area contributed by atoms with Gasteiger partial charge in [-0.05, 0) is 56.2 Å². The summed E-state index contributed by atoms with van der Waals surface area (Å²) in [6.45, 7) is 5.00. The van der Waals surface area contributed by atoms with Crippen LogP contribution >= 0.6 is 39.1 Å². The Bertz CT molecular complexity index is 1130. The van der Waals surface area contributed by atoms with Crippen molar-refractivity contribution in [3.05, 3.63) is 62.5 Å². The van der Waals surface area contributed by atoms with E-state index in [1.807, 2.05) is 38.1 Å². The predicted molar refractivity (Wildman–Crippen MR) is 141 cm³/mol. The average molecular weight is 593 g/mol. The minimum Gasteiger partial charge on any atom is -0.352 e. The molecule has 7 nitrogen and oxygen atoms in total. The van der Waals surface area contributed by atoms with E-state index >= 15 is 0 Å². The van der Waals surface area contributed by atoms with Crippen LogP contribution in [0, 0.1) is 0 Å². The Balaban J connectivity index is 2.42. The van der Waals surface area contributed by atoms with Crippen molar-refractivity contribution < 1.29 is 18.0 Å². The molecule has 34 heavy (non-hydrogen) atoms. The van der Waals surface area contributed by atoms with E-state index in [9.17, 15) is 18.0 Å². The molecule has 0 aliphatic rings. The Morgan fingerprint density at radius 3 is 2.26 bits per heavy atom. The molecule has 0 saturated heterocycles. The van der Waals surface area contributed by atoms with Gasteiger partial charge in [0, 0.05) is 22.1 Å². The molecule has 0 aromatic heterocycles. The minimum atomic E-state index is -3.90. The van der Waals surface area contributed by atoms with Crippen LogP contribution in [0.2, 0.25) is 10.0 Å². The molecule has 2 aromatic rings. The quantitative estimate of drug-likeness (QED) is 0.427. The number of rotatable bonds is 10. The Morgan fingerprint density at radius 2 is 1.71 bits per heavy atom. The van der Waals surface area contributed by atoms with Gasteiger partial charge in [-0.1, -0.05) is 58.2 Å². The predicted octanol–water partition coefficient (Wildman–Crippen LogP) is 4.85. The normalized spacial score (nSPS) is 13.1. The Labute approximate surface area is 219 Å². The van der Waals surface area contributed by atoms with Gasteiger partial charge in [0.2, 0.25) is 21.8 Å². The number of halogens is 3. The maximum atomic E-state index is 13.5. The van der Waals surface area contributed by atoms with E-state index in [1.54, 1.807) is 6.92 Å². The number of hydrogen-bond donors (Lipinski definition) is 1. The molecule has 0 fully saturated rings. The monoisotopic (exact) mass is 591 g/mol. The van der Waals surface area contributed by atoms with E-state index < -0.39 is 28.5 Å². The molecule has 1 N–H and O–H groups in total. The van der Waals surface area contributed by atoms with Gasteiger partial charge in [-0.15, -0.1) is 0 Å². The van der Waals surface area contributed by atoms with Gasteiger partial charge in [-0.3, -0.25) is 13.9 Å². The molecule has 0 aliphatic carbocycles. The molecule has 0 saturated carbocycles. The highest BCUT2D eigenvalue weighted by Gasteiger charge is 2.31. The van der Waals surface area contributed by atoms with Crippen LogP contribution in [0.25, 0.3) is 0 Å². The van der Waals surface area contributed by atoms with Crippen LogP contribution in [0.1, 0.15) is 32.8 Å². The van der Waals surface area contributed by atoms with Crippen molar-refractivity contribution in [3.8, 4) is 0 Å². The maximum Gasteiger partial charge on any atom is 0.244 e. The van der Waals surface area contributed by atoms with Crippen LogP contribution in [0.15, 0.2) is 46.9 Å². The van der Waals surface area contributed by atoms with Gasteiger partial charge in [0.25, 0.3) is 0 Å². The molecule has 2 amide bonds. The van der Waals surface area contributed by atoms with Gasteiger partial charge in [-0.25, -0.2) is 8.42 Å².